The van der Waals surface area contributed by atoms with Gasteiger partial charge in [-0.15, -0.1) is 0 Å². The Morgan fingerprint density at radius 3 is 2.13 bits per heavy atom. The second-order valence-corrected chi connectivity index (χ2v) is 33.3. The Bertz CT molecular complexity index is 2850. The summed E-state index contributed by atoms with van der Waals surface area (Å²) in [7, 11) is -5.28. The second kappa shape index (κ2) is 20.1. The largest absolute Gasteiger partial charge is 0.453 e. The van der Waals surface area contributed by atoms with E-state index in [2.05, 4.69) is 35.2 Å². The summed E-state index contributed by atoms with van der Waals surface area (Å²) in [6, 6.07) is 8.27. The first-order chi connectivity index (χ1) is 32.5. The maximum Gasteiger partial charge on any atom is 0.338 e. The lowest BCUT2D eigenvalue weighted by atomic mass is 10.1. The van der Waals surface area contributed by atoms with Crippen LogP contribution in [0.15, 0.2) is 47.8 Å². The van der Waals surface area contributed by atoms with Crippen molar-refractivity contribution in [1.29, 1.82) is 0 Å². The molecule has 0 radical (unpaired) electrons. The molecule has 2 aliphatic heterocycles. The maximum absolute atomic E-state index is 17.1. The van der Waals surface area contributed by atoms with E-state index in [-0.39, 0.29) is 61.6 Å². The maximum atomic E-state index is 17.1. The number of rotatable bonds is 16. The van der Waals surface area contributed by atoms with Gasteiger partial charge in [-0.2, -0.15) is 15.0 Å². The third kappa shape index (κ3) is 11.2. The molecular weight excluding hydrogens is 1010 g/mol. The van der Waals surface area contributed by atoms with Gasteiger partial charge in [0.1, 0.15) is 29.9 Å². The van der Waals surface area contributed by atoms with Crippen molar-refractivity contribution in [1.82, 2.24) is 39.0 Å². The number of hydrogen-bond acceptors (Lipinski definition) is 17. The van der Waals surface area contributed by atoms with Crippen molar-refractivity contribution in [3.63, 3.8) is 0 Å². The molecule has 1 aromatic carbocycles. The van der Waals surface area contributed by atoms with Crippen molar-refractivity contribution in [2.45, 2.75) is 141 Å². The van der Waals surface area contributed by atoms with Crippen LogP contribution in [0.3, 0.4) is 0 Å². The number of aromatic nitrogens is 8. The van der Waals surface area contributed by atoms with E-state index in [9.17, 15) is 19.3 Å². The summed E-state index contributed by atoms with van der Waals surface area (Å²) < 4.78 is 64.8. The molecule has 2 aliphatic rings. The van der Waals surface area contributed by atoms with Crippen molar-refractivity contribution in [3.8, 4) is 0 Å². The van der Waals surface area contributed by atoms with E-state index >= 15 is 4.39 Å². The van der Waals surface area contributed by atoms with Gasteiger partial charge in [0.15, 0.2) is 64.0 Å². The lowest BCUT2D eigenvalue weighted by Gasteiger charge is -2.40. The zero-order chi connectivity index (χ0) is 51.5. The predicted molar refractivity (Wildman–Crippen MR) is 267 cm³/mol. The molecule has 0 saturated carbocycles. The topological polar surface area (TPSA) is 264 Å². The highest BCUT2D eigenvalue weighted by Gasteiger charge is 2.55. The number of H-pyrrole nitrogens is 1. The number of imidazole rings is 2. The Balaban J connectivity index is 1.24. The number of nitrogen functional groups attached to an aromatic ring is 1. The van der Waals surface area contributed by atoms with E-state index in [1.165, 1.54) is 21.8 Å². The minimum absolute atomic E-state index is 0.0137. The molecule has 70 heavy (non-hydrogen) atoms. The molecule has 21 nitrogen and oxygen atoms in total. The summed E-state index contributed by atoms with van der Waals surface area (Å²) in [5.74, 6) is -1.73. The average molecular weight is 1070 g/mol. The van der Waals surface area contributed by atoms with Crippen molar-refractivity contribution in [2.75, 3.05) is 24.3 Å². The van der Waals surface area contributed by atoms with Gasteiger partial charge < -0.3 is 38.2 Å². The van der Waals surface area contributed by atoms with E-state index in [0.717, 1.165) is 0 Å². The smallest absolute Gasteiger partial charge is 0.338 e. The number of esters is 1. The lowest BCUT2D eigenvalue weighted by molar-refractivity contribution is -0.118. The zero-order valence-electron chi connectivity index (χ0n) is 41.0. The number of alkyl halides is 1. The Hall–Kier alpha value is -4.12. The van der Waals surface area contributed by atoms with Crippen LogP contribution in [0, 0.1) is 5.92 Å². The number of fused-ring (bicyclic) bond motifs is 2. The number of aromatic amines is 1. The summed E-state index contributed by atoms with van der Waals surface area (Å²) in [6.45, 7) is 18.4. The first-order valence-corrected chi connectivity index (χ1v) is 31.4. The van der Waals surface area contributed by atoms with Gasteiger partial charge in [-0.25, -0.2) is 19.2 Å². The molecule has 0 spiro atoms. The van der Waals surface area contributed by atoms with Crippen molar-refractivity contribution in [3.05, 3.63) is 64.2 Å². The summed E-state index contributed by atoms with van der Waals surface area (Å²) >= 11 is 11.8. The molecule has 0 aliphatic carbocycles. The van der Waals surface area contributed by atoms with Crippen LogP contribution in [-0.2, 0) is 48.7 Å². The Kier molecular flexibility index (Phi) is 15.4. The minimum Gasteiger partial charge on any atom is -0.453 e. The number of nitrogens with one attached hydrogen (secondary N) is 2. The van der Waals surface area contributed by atoms with Gasteiger partial charge in [0.2, 0.25) is 17.1 Å². The van der Waals surface area contributed by atoms with Gasteiger partial charge in [-0.3, -0.25) is 33.5 Å². The number of ether oxygens (including phenoxy) is 3. The quantitative estimate of drug-likeness (QED) is 0.0330. The molecule has 5 N–H and O–H groups in total. The highest BCUT2D eigenvalue weighted by atomic mass is 35.5. The molecule has 4 aromatic heterocycles. The van der Waals surface area contributed by atoms with Crippen LogP contribution in [0.2, 0.25) is 41.5 Å². The minimum atomic E-state index is -4.49. The van der Waals surface area contributed by atoms with Crippen LogP contribution in [0.25, 0.3) is 22.3 Å². The molecule has 2 fully saturated rings. The highest BCUT2D eigenvalue weighted by molar-refractivity contribution is 8.07. The zero-order valence-corrected chi connectivity index (χ0v) is 45.5. The van der Waals surface area contributed by atoms with E-state index in [1.807, 2.05) is 67.7 Å². The van der Waals surface area contributed by atoms with Crippen LogP contribution in [0.1, 0.15) is 78.2 Å². The number of anilines is 2. The van der Waals surface area contributed by atoms with Crippen LogP contribution in [-0.4, -0.2) is 122 Å². The fourth-order valence-corrected chi connectivity index (χ4v) is 11.1. The number of carbonyl (C=O) groups is 2. The monoisotopic (exact) mass is 1070 g/mol. The summed E-state index contributed by atoms with van der Waals surface area (Å²) in [5.41, 5.74) is 5.82. The third-order valence-electron chi connectivity index (χ3n) is 13.3. The number of halogens is 2. The lowest BCUT2D eigenvalue weighted by Crippen LogP contribution is -2.50. The number of amides is 1. The van der Waals surface area contributed by atoms with Gasteiger partial charge >= 0.3 is 12.7 Å². The normalized spacial score (nSPS) is 24.4. The highest BCUT2D eigenvalue weighted by Crippen LogP contribution is 2.52. The van der Waals surface area contributed by atoms with Gasteiger partial charge in [-0.05, 0) is 71.8 Å². The first kappa shape index (κ1) is 53.7. The molecule has 6 heterocycles. The summed E-state index contributed by atoms with van der Waals surface area (Å²) in [4.78, 5) is 75.9. The molecule has 27 heteroatoms. The molecule has 0 bridgehead atoms. The SMILES string of the molecule is CC(C)C(=O)Nc1nc2c(ncn2[C@@H]2O[C@H](COP(O)(=S)O[C@@H]3C(F)[C@H](n4cnc5c(N)nc(Cl)nc54)O[C@@H]3CO[Si](C)(C)C(C)(C)C)[C@H](OC(=O)c3ccccc3)C2O[Si](C)(C)C(C)(C)C)c(=O)[nH]1. The fourth-order valence-electron chi connectivity index (χ4n) is 7.18. The van der Waals surface area contributed by atoms with Crippen molar-refractivity contribution >= 4 is 92.7 Å². The summed E-state index contributed by atoms with van der Waals surface area (Å²) in [6.07, 6.45) is -8.43. The fraction of sp³-hybridized carbons (Fsp3) is 0.581. The average Bonchev–Trinajstić information content (AvgIpc) is 4.03. The van der Waals surface area contributed by atoms with Crippen LogP contribution in [0.5, 0.6) is 0 Å². The molecule has 382 valence electrons. The number of nitrogens with two attached hydrogens (primary N) is 1. The van der Waals surface area contributed by atoms with Crippen LogP contribution >= 0.6 is 18.3 Å². The van der Waals surface area contributed by atoms with Crippen molar-refractivity contribution in [2.24, 2.45) is 5.92 Å². The number of hydrogen-bond donors (Lipinski definition) is 4. The third-order valence-corrected chi connectivity index (χ3v) is 24.0. The van der Waals surface area contributed by atoms with Crippen LogP contribution in [0.4, 0.5) is 16.2 Å². The molecular formula is C43H61ClFN10O11PSSi2. The molecule has 3 unspecified atom stereocenters. The van der Waals surface area contributed by atoms with Crippen molar-refractivity contribution < 1.29 is 51.0 Å². The molecule has 2 saturated heterocycles. The number of carbonyl (C=O) groups excluding carboxylic acids is 2. The Morgan fingerprint density at radius 1 is 0.914 bits per heavy atom. The number of benzene rings is 1. The second-order valence-electron chi connectivity index (χ2n) is 20.6. The van der Waals surface area contributed by atoms with Gasteiger partial charge in [0.25, 0.3) is 5.56 Å². The van der Waals surface area contributed by atoms with Crippen LogP contribution < -0.4 is 16.6 Å². The summed E-state index contributed by atoms with van der Waals surface area (Å²) in [5, 5.41) is 1.80. The van der Waals surface area contributed by atoms with Gasteiger partial charge in [0.05, 0.1) is 31.4 Å². The Morgan fingerprint density at radius 2 is 1.50 bits per heavy atom. The van der Waals surface area contributed by atoms with Gasteiger partial charge in [0, 0.05) is 5.92 Å². The van der Waals surface area contributed by atoms with E-state index in [0.29, 0.717) is 0 Å². The molecule has 7 rings (SSSR count). The number of nitrogens with zero attached hydrogens (tertiary/aromatic N) is 7. The molecule has 1 amide bonds. The standard InChI is InChI=1S/C43H61ClFN10O11PSSi2/c1-22(2)35(56)52-41-51-34-28(36(57)53-41)48-21-55(34)38-31(66-70(11,12)43(6,7)8)30(64-39(58)23-16-14-13-15-17-23)24(63-38)18-60-67(59,68)65-29-25(19-61-69(9,10)42(3,4)5)62-37(26(29)45)54-20-47-27-32(46)49-40(44)50-33(27)54/h13-17,20-22,24-26,29-31,37-38H,18-19H2,1-12H3,(H,59,68)(H2,46,49,50)(H2,51,52,53,56,57)/t24-,25-,26?,29+,30+,31?,37-,38-,67?/m1/s1. The van der Waals surface area contributed by atoms with E-state index in [4.69, 9.17) is 61.3 Å². The first-order valence-electron chi connectivity index (χ1n) is 22.6. The molecule has 5 aromatic rings. The Labute approximate surface area is 416 Å². The van der Waals surface area contributed by atoms with Gasteiger partial charge in [-0.1, -0.05) is 73.6 Å². The van der Waals surface area contributed by atoms with E-state index < -0.39 is 102 Å². The molecule has 9 atom stereocenters. The predicted octanol–water partition coefficient (Wildman–Crippen LogP) is 7.18. The van der Waals surface area contributed by atoms with E-state index in [1.54, 1.807) is 44.2 Å².